The van der Waals surface area contributed by atoms with Crippen LogP contribution in [0.4, 0.5) is 5.69 Å². The van der Waals surface area contributed by atoms with Gasteiger partial charge in [0.15, 0.2) is 0 Å². The predicted molar refractivity (Wildman–Crippen MR) is 77.4 cm³/mol. The van der Waals surface area contributed by atoms with E-state index in [1.165, 1.54) is 0 Å². The smallest absolute Gasteiger partial charge is 0.307 e. The van der Waals surface area contributed by atoms with Crippen molar-refractivity contribution in [3.8, 4) is 0 Å². The highest BCUT2D eigenvalue weighted by Crippen LogP contribution is 2.16. The van der Waals surface area contributed by atoms with Gasteiger partial charge < -0.3 is 16.2 Å². The second-order valence-corrected chi connectivity index (χ2v) is 5.09. The Hall–Kier alpha value is -1.53. The molecule has 104 valence electrons. The van der Waals surface area contributed by atoms with E-state index in [0.29, 0.717) is 17.7 Å². The fourth-order valence-electron chi connectivity index (χ4n) is 1.56. The molecule has 1 atom stereocenters. The molecule has 0 saturated heterocycles. The van der Waals surface area contributed by atoms with E-state index in [1.807, 2.05) is 6.26 Å². The van der Waals surface area contributed by atoms with E-state index in [0.717, 1.165) is 5.75 Å². The van der Waals surface area contributed by atoms with Crippen molar-refractivity contribution in [1.29, 1.82) is 0 Å². The largest absolute Gasteiger partial charge is 0.481 e. The summed E-state index contributed by atoms with van der Waals surface area (Å²) in [4.78, 5) is 22.6. The quantitative estimate of drug-likeness (QED) is 0.701. The normalized spacial score (nSPS) is 11.9. The maximum absolute atomic E-state index is 11.9. The predicted octanol–water partition coefficient (Wildman–Crippen LogP) is 1.33. The average Bonchev–Trinajstić information content (AvgIpc) is 2.37. The molecule has 6 heteroatoms. The van der Waals surface area contributed by atoms with Gasteiger partial charge in [-0.15, -0.1) is 0 Å². The number of nitrogens with one attached hydrogen (secondary N) is 1. The molecule has 0 fully saturated rings. The summed E-state index contributed by atoms with van der Waals surface area (Å²) in [6.07, 6.45) is 2.41. The molecule has 0 aliphatic carbocycles. The second-order valence-electron chi connectivity index (χ2n) is 4.10. The third kappa shape index (κ3) is 5.32. The average molecular weight is 282 g/mol. The maximum atomic E-state index is 11.9. The number of amides is 1. The number of nitrogens with two attached hydrogens (primary N) is 1. The van der Waals surface area contributed by atoms with Crippen LogP contribution in [0.25, 0.3) is 0 Å². The van der Waals surface area contributed by atoms with Gasteiger partial charge in [0.05, 0.1) is 12.5 Å². The summed E-state index contributed by atoms with van der Waals surface area (Å²) in [5, 5.41) is 11.5. The highest BCUT2D eigenvalue weighted by Gasteiger charge is 2.15. The van der Waals surface area contributed by atoms with Gasteiger partial charge in [-0.3, -0.25) is 9.59 Å². The molecule has 1 aromatic rings. The molecule has 4 N–H and O–H groups in total. The Morgan fingerprint density at radius 3 is 2.74 bits per heavy atom. The lowest BCUT2D eigenvalue weighted by molar-refractivity contribution is -0.136. The summed E-state index contributed by atoms with van der Waals surface area (Å²) < 4.78 is 0. The zero-order chi connectivity index (χ0) is 14.3. The molecular weight excluding hydrogens is 264 g/mol. The number of thioether (sulfide) groups is 1. The van der Waals surface area contributed by atoms with Crippen LogP contribution in [0.2, 0.25) is 0 Å². The summed E-state index contributed by atoms with van der Waals surface area (Å²) in [7, 11) is 0. The van der Waals surface area contributed by atoms with Crippen molar-refractivity contribution < 1.29 is 14.7 Å². The first kappa shape index (κ1) is 15.5. The molecule has 1 rings (SSSR count). The lowest BCUT2D eigenvalue weighted by atomic mass is 10.1. The SMILES string of the molecule is CSCC[C@H](N)C(=O)Nc1ccccc1CC(=O)O. The number of anilines is 1. The van der Waals surface area contributed by atoms with E-state index >= 15 is 0 Å². The van der Waals surface area contributed by atoms with Gasteiger partial charge >= 0.3 is 5.97 Å². The topological polar surface area (TPSA) is 92.4 Å². The summed E-state index contributed by atoms with van der Waals surface area (Å²) >= 11 is 1.63. The molecule has 5 nitrogen and oxygen atoms in total. The van der Waals surface area contributed by atoms with E-state index < -0.39 is 12.0 Å². The standard InChI is InChI=1S/C13H18N2O3S/c1-19-7-6-10(14)13(18)15-11-5-3-2-4-9(11)8-12(16)17/h2-5,10H,6-8,14H2,1H3,(H,15,18)(H,16,17)/t10-/m0/s1. The number of hydrogen-bond donors (Lipinski definition) is 3. The van der Waals surface area contributed by atoms with Crippen LogP contribution >= 0.6 is 11.8 Å². The molecule has 0 aliphatic rings. The highest BCUT2D eigenvalue weighted by molar-refractivity contribution is 7.98. The number of para-hydroxylation sites is 1. The Morgan fingerprint density at radius 1 is 1.42 bits per heavy atom. The number of benzene rings is 1. The van der Waals surface area contributed by atoms with Gasteiger partial charge in [-0.1, -0.05) is 18.2 Å². The molecule has 0 heterocycles. The Kier molecular flexibility index (Phi) is 6.38. The molecule has 0 aromatic heterocycles. The molecule has 0 radical (unpaired) electrons. The molecule has 1 aromatic carbocycles. The zero-order valence-corrected chi connectivity index (χ0v) is 11.6. The van der Waals surface area contributed by atoms with E-state index in [9.17, 15) is 9.59 Å². The van der Waals surface area contributed by atoms with Crippen molar-refractivity contribution in [2.45, 2.75) is 18.9 Å². The number of carboxylic acids is 1. The van der Waals surface area contributed by atoms with E-state index in [4.69, 9.17) is 10.8 Å². The fraction of sp³-hybridized carbons (Fsp3) is 0.385. The second kappa shape index (κ2) is 7.81. The number of carbonyl (C=O) groups is 2. The van der Waals surface area contributed by atoms with Crippen LogP contribution in [0.3, 0.4) is 0 Å². The van der Waals surface area contributed by atoms with E-state index in [-0.39, 0.29) is 12.3 Å². The minimum atomic E-state index is -0.937. The van der Waals surface area contributed by atoms with Crippen molar-refractivity contribution in [2.75, 3.05) is 17.3 Å². The maximum Gasteiger partial charge on any atom is 0.307 e. The van der Waals surface area contributed by atoms with Gasteiger partial charge in [0.2, 0.25) is 5.91 Å². The van der Waals surface area contributed by atoms with Crippen molar-refractivity contribution >= 4 is 29.3 Å². The molecule has 0 aliphatic heterocycles. The van der Waals surface area contributed by atoms with E-state index in [1.54, 1.807) is 36.0 Å². The van der Waals surface area contributed by atoms with E-state index in [2.05, 4.69) is 5.32 Å². The van der Waals surface area contributed by atoms with Crippen LogP contribution in [0.5, 0.6) is 0 Å². The number of carbonyl (C=O) groups excluding carboxylic acids is 1. The summed E-state index contributed by atoms with van der Waals surface area (Å²) in [6, 6.07) is 6.26. The monoisotopic (exact) mass is 282 g/mol. The van der Waals surface area contributed by atoms with Crippen LogP contribution in [-0.2, 0) is 16.0 Å². The number of hydrogen-bond acceptors (Lipinski definition) is 4. The third-order valence-electron chi connectivity index (χ3n) is 2.59. The summed E-state index contributed by atoms with van der Waals surface area (Å²) in [5.41, 5.74) is 6.84. The fourth-order valence-corrected chi connectivity index (χ4v) is 2.05. The van der Waals surface area contributed by atoms with Gasteiger partial charge in [-0.05, 0) is 30.1 Å². The first-order valence-corrected chi connectivity index (χ1v) is 7.29. The Labute approximate surface area is 116 Å². The highest BCUT2D eigenvalue weighted by atomic mass is 32.2. The molecule has 1 amide bonds. The molecular formula is C13H18N2O3S. The van der Waals surface area contributed by atoms with Crippen LogP contribution < -0.4 is 11.1 Å². The lowest BCUT2D eigenvalue weighted by Crippen LogP contribution is -2.36. The lowest BCUT2D eigenvalue weighted by Gasteiger charge is -2.14. The van der Waals surface area contributed by atoms with Gasteiger partial charge in [0.25, 0.3) is 0 Å². The van der Waals surface area contributed by atoms with Gasteiger partial charge in [-0.25, -0.2) is 0 Å². The van der Waals surface area contributed by atoms with Crippen molar-refractivity contribution in [3.05, 3.63) is 29.8 Å². The summed E-state index contributed by atoms with van der Waals surface area (Å²) in [6.45, 7) is 0. The molecule has 0 bridgehead atoms. The van der Waals surface area contributed by atoms with Crippen molar-refractivity contribution in [1.82, 2.24) is 0 Å². The number of carboxylic acid groups (broad SMARTS) is 1. The van der Waals surface area contributed by atoms with Gasteiger partial charge in [0.1, 0.15) is 0 Å². The zero-order valence-electron chi connectivity index (χ0n) is 10.8. The molecule has 19 heavy (non-hydrogen) atoms. The first-order valence-electron chi connectivity index (χ1n) is 5.89. The number of rotatable bonds is 7. The van der Waals surface area contributed by atoms with Crippen molar-refractivity contribution in [3.63, 3.8) is 0 Å². The number of aliphatic carboxylic acids is 1. The molecule has 0 spiro atoms. The van der Waals surface area contributed by atoms with Gasteiger partial charge in [-0.2, -0.15) is 11.8 Å². The van der Waals surface area contributed by atoms with Gasteiger partial charge in [0, 0.05) is 5.69 Å². The molecule has 0 saturated carbocycles. The first-order chi connectivity index (χ1) is 9.04. The molecule has 0 unspecified atom stereocenters. The van der Waals surface area contributed by atoms with Crippen LogP contribution in [0.15, 0.2) is 24.3 Å². The van der Waals surface area contributed by atoms with Crippen LogP contribution in [-0.4, -0.2) is 35.0 Å². The Morgan fingerprint density at radius 2 is 2.11 bits per heavy atom. The minimum absolute atomic E-state index is 0.128. The summed E-state index contributed by atoms with van der Waals surface area (Å²) in [5.74, 6) is -0.411. The van der Waals surface area contributed by atoms with Crippen LogP contribution in [0.1, 0.15) is 12.0 Å². The Balaban J connectivity index is 2.70. The minimum Gasteiger partial charge on any atom is -0.481 e. The van der Waals surface area contributed by atoms with Crippen LogP contribution in [0, 0.1) is 0 Å². The van der Waals surface area contributed by atoms with Crippen molar-refractivity contribution in [2.24, 2.45) is 5.73 Å². The third-order valence-corrected chi connectivity index (χ3v) is 3.23. The Bertz CT molecular complexity index is 451.